The van der Waals surface area contributed by atoms with Crippen molar-refractivity contribution in [2.24, 2.45) is 0 Å². The first-order valence-corrected chi connectivity index (χ1v) is 12.7. The number of hydrogen-bond donors (Lipinski definition) is 1. The van der Waals surface area contributed by atoms with E-state index >= 15 is 0 Å². The third kappa shape index (κ3) is 7.70. The standard InChI is InChI=1S/C25H26BrN5O2S.ClH/c1-32-23-16-20(15-22(26)24(23)33-18-19-9-4-2-5-10-19)17-27-13-8-14-34-25-28-29-30-31(25)21-11-6-3-7-12-21;/h2-7,9-12,15-16,27H,8,13-14,17-18H2,1H3;1H. The highest BCUT2D eigenvalue weighted by molar-refractivity contribution is 9.10. The van der Waals surface area contributed by atoms with Crippen molar-refractivity contribution >= 4 is 40.1 Å². The molecule has 4 aromatic rings. The van der Waals surface area contributed by atoms with Gasteiger partial charge in [0, 0.05) is 12.3 Å². The van der Waals surface area contributed by atoms with Crippen LogP contribution in [0.4, 0.5) is 0 Å². The molecule has 1 N–H and O–H groups in total. The van der Waals surface area contributed by atoms with E-state index in [1.807, 2.05) is 66.7 Å². The lowest BCUT2D eigenvalue weighted by molar-refractivity contribution is 0.282. The van der Waals surface area contributed by atoms with Crippen molar-refractivity contribution in [2.75, 3.05) is 19.4 Å². The second kappa shape index (κ2) is 14.1. The van der Waals surface area contributed by atoms with Crippen molar-refractivity contribution in [3.8, 4) is 17.2 Å². The number of rotatable bonds is 12. The number of nitrogens with one attached hydrogen (secondary N) is 1. The van der Waals surface area contributed by atoms with Gasteiger partial charge < -0.3 is 14.8 Å². The van der Waals surface area contributed by atoms with Gasteiger partial charge in [-0.1, -0.05) is 60.3 Å². The van der Waals surface area contributed by atoms with Gasteiger partial charge >= 0.3 is 0 Å². The Morgan fingerprint density at radius 3 is 2.49 bits per heavy atom. The minimum atomic E-state index is 0. The third-order valence-corrected chi connectivity index (χ3v) is 6.61. The van der Waals surface area contributed by atoms with E-state index in [-0.39, 0.29) is 12.4 Å². The number of thioether (sulfide) groups is 1. The van der Waals surface area contributed by atoms with E-state index in [4.69, 9.17) is 9.47 Å². The number of methoxy groups -OCH3 is 1. The predicted molar refractivity (Wildman–Crippen MR) is 145 cm³/mol. The van der Waals surface area contributed by atoms with E-state index in [2.05, 4.69) is 42.8 Å². The van der Waals surface area contributed by atoms with Gasteiger partial charge in [0.15, 0.2) is 11.5 Å². The smallest absolute Gasteiger partial charge is 0.214 e. The molecule has 1 aromatic heterocycles. The number of hydrogen-bond acceptors (Lipinski definition) is 7. The molecule has 0 aliphatic carbocycles. The molecule has 0 radical (unpaired) electrons. The number of ether oxygens (including phenoxy) is 2. The molecule has 0 saturated carbocycles. The molecule has 0 aliphatic heterocycles. The van der Waals surface area contributed by atoms with Gasteiger partial charge in [0.2, 0.25) is 5.16 Å². The first kappa shape index (κ1) is 27.0. The Morgan fingerprint density at radius 1 is 1.00 bits per heavy atom. The van der Waals surface area contributed by atoms with E-state index in [1.165, 1.54) is 0 Å². The summed E-state index contributed by atoms with van der Waals surface area (Å²) >= 11 is 5.29. The van der Waals surface area contributed by atoms with Crippen LogP contribution in [0.2, 0.25) is 0 Å². The number of aromatic nitrogens is 4. The molecule has 0 bridgehead atoms. The Labute approximate surface area is 224 Å². The van der Waals surface area contributed by atoms with Gasteiger partial charge in [-0.15, -0.1) is 17.5 Å². The molecule has 184 valence electrons. The fraction of sp³-hybridized carbons (Fsp3) is 0.240. The second-order valence-corrected chi connectivity index (χ2v) is 9.39. The Hall–Kier alpha value is -2.59. The zero-order valence-corrected chi connectivity index (χ0v) is 22.5. The number of para-hydroxylation sites is 1. The number of tetrazole rings is 1. The molecule has 0 saturated heterocycles. The van der Waals surface area contributed by atoms with E-state index in [9.17, 15) is 0 Å². The molecule has 4 rings (SSSR count). The summed E-state index contributed by atoms with van der Waals surface area (Å²) in [7, 11) is 1.66. The van der Waals surface area contributed by atoms with Crippen LogP contribution in [0.1, 0.15) is 17.5 Å². The lowest BCUT2D eigenvalue weighted by Gasteiger charge is -2.15. The second-order valence-electron chi connectivity index (χ2n) is 7.47. The van der Waals surface area contributed by atoms with Crippen LogP contribution in [0.15, 0.2) is 82.4 Å². The van der Waals surface area contributed by atoms with Crippen LogP contribution in [0, 0.1) is 0 Å². The molecule has 7 nitrogen and oxygen atoms in total. The van der Waals surface area contributed by atoms with E-state index < -0.39 is 0 Å². The molecule has 0 amide bonds. The molecule has 0 fully saturated rings. The van der Waals surface area contributed by atoms with Crippen molar-refractivity contribution in [3.05, 3.63) is 88.4 Å². The molecule has 0 spiro atoms. The number of benzene rings is 3. The highest BCUT2D eigenvalue weighted by Crippen LogP contribution is 2.37. The van der Waals surface area contributed by atoms with E-state index in [0.717, 1.165) is 51.7 Å². The van der Waals surface area contributed by atoms with Crippen LogP contribution in [-0.4, -0.2) is 39.6 Å². The van der Waals surface area contributed by atoms with Crippen LogP contribution in [0.3, 0.4) is 0 Å². The summed E-state index contributed by atoms with van der Waals surface area (Å²) in [5.41, 5.74) is 3.19. The van der Waals surface area contributed by atoms with Crippen LogP contribution in [0.25, 0.3) is 5.69 Å². The lowest BCUT2D eigenvalue weighted by Crippen LogP contribution is -2.15. The monoisotopic (exact) mass is 575 g/mol. The van der Waals surface area contributed by atoms with E-state index in [0.29, 0.717) is 18.1 Å². The van der Waals surface area contributed by atoms with Gasteiger partial charge in [-0.05, 0) is 74.7 Å². The van der Waals surface area contributed by atoms with Crippen molar-refractivity contribution in [2.45, 2.75) is 24.7 Å². The van der Waals surface area contributed by atoms with Crippen LogP contribution < -0.4 is 14.8 Å². The Balaban J connectivity index is 0.00000342. The fourth-order valence-corrected chi connectivity index (χ4v) is 4.77. The molecular formula is C25H27BrClN5O2S. The summed E-state index contributed by atoms with van der Waals surface area (Å²) in [6.07, 6.45) is 0.989. The van der Waals surface area contributed by atoms with Gasteiger partial charge in [0.05, 0.1) is 17.3 Å². The first-order chi connectivity index (χ1) is 16.7. The van der Waals surface area contributed by atoms with Gasteiger partial charge in [-0.25, -0.2) is 0 Å². The van der Waals surface area contributed by atoms with Crippen molar-refractivity contribution < 1.29 is 9.47 Å². The lowest BCUT2D eigenvalue weighted by atomic mass is 10.2. The van der Waals surface area contributed by atoms with Crippen LogP contribution in [-0.2, 0) is 13.2 Å². The fourth-order valence-electron chi connectivity index (χ4n) is 3.34. The molecule has 10 heteroatoms. The molecule has 0 atom stereocenters. The summed E-state index contributed by atoms with van der Waals surface area (Å²) in [4.78, 5) is 0. The molecular weight excluding hydrogens is 550 g/mol. The minimum absolute atomic E-state index is 0. The summed E-state index contributed by atoms with van der Waals surface area (Å²) in [6, 6.07) is 24.1. The van der Waals surface area contributed by atoms with Crippen molar-refractivity contribution in [1.29, 1.82) is 0 Å². The summed E-state index contributed by atoms with van der Waals surface area (Å²) in [5, 5.41) is 16.3. The summed E-state index contributed by atoms with van der Waals surface area (Å²) in [5.74, 6) is 2.34. The number of halogens is 2. The Kier molecular flexibility index (Phi) is 10.9. The van der Waals surface area contributed by atoms with E-state index in [1.54, 1.807) is 23.6 Å². The average Bonchev–Trinajstić information content (AvgIpc) is 3.35. The zero-order valence-electron chi connectivity index (χ0n) is 19.3. The largest absolute Gasteiger partial charge is 0.493 e. The quantitative estimate of drug-likeness (QED) is 0.171. The molecule has 3 aromatic carbocycles. The normalized spacial score (nSPS) is 10.6. The minimum Gasteiger partial charge on any atom is -0.493 e. The van der Waals surface area contributed by atoms with Crippen molar-refractivity contribution in [1.82, 2.24) is 25.5 Å². The maximum atomic E-state index is 6.02. The molecule has 0 unspecified atom stereocenters. The predicted octanol–water partition coefficient (Wildman–Crippen LogP) is 5.71. The van der Waals surface area contributed by atoms with Crippen LogP contribution in [0.5, 0.6) is 11.5 Å². The molecule has 0 aliphatic rings. The SMILES string of the molecule is COc1cc(CNCCCSc2nnnn2-c2ccccc2)cc(Br)c1OCc1ccccc1.Cl. The molecule has 35 heavy (non-hydrogen) atoms. The topological polar surface area (TPSA) is 74.1 Å². The Bertz CT molecular complexity index is 1180. The maximum Gasteiger partial charge on any atom is 0.214 e. The highest BCUT2D eigenvalue weighted by Gasteiger charge is 2.12. The van der Waals surface area contributed by atoms with Gasteiger partial charge in [-0.3, -0.25) is 0 Å². The van der Waals surface area contributed by atoms with Crippen LogP contribution >= 0.6 is 40.1 Å². The summed E-state index contributed by atoms with van der Waals surface area (Å²) < 4.78 is 14.2. The van der Waals surface area contributed by atoms with Crippen molar-refractivity contribution in [3.63, 3.8) is 0 Å². The van der Waals surface area contributed by atoms with Gasteiger partial charge in [0.1, 0.15) is 6.61 Å². The Morgan fingerprint density at radius 2 is 1.74 bits per heavy atom. The highest BCUT2D eigenvalue weighted by atomic mass is 79.9. The summed E-state index contributed by atoms with van der Waals surface area (Å²) in [6.45, 7) is 2.10. The number of nitrogens with zero attached hydrogens (tertiary/aromatic N) is 4. The maximum absolute atomic E-state index is 6.02. The van der Waals surface area contributed by atoms with Gasteiger partial charge in [-0.2, -0.15) is 4.68 Å². The first-order valence-electron chi connectivity index (χ1n) is 10.9. The molecule has 1 heterocycles. The average molecular weight is 577 g/mol. The van der Waals surface area contributed by atoms with Gasteiger partial charge in [0.25, 0.3) is 0 Å². The zero-order chi connectivity index (χ0) is 23.6. The third-order valence-electron chi connectivity index (χ3n) is 5.02.